The second-order valence-electron chi connectivity index (χ2n) is 7.10. The average Bonchev–Trinajstić information content (AvgIpc) is 3.26. The number of carbonyl (C=O) groups excluding carboxylic acids is 2. The molecule has 5 heteroatoms. The van der Waals surface area contributed by atoms with Gasteiger partial charge < -0.3 is 10.2 Å². The van der Waals surface area contributed by atoms with Crippen LogP contribution in [0.25, 0.3) is 0 Å². The molecule has 1 aliphatic heterocycles. The van der Waals surface area contributed by atoms with E-state index in [1.54, 1.807) is 11.9 Å². The van der Waals surface area contributed by atoms with Crippen LogP contribution in [0.1, 0.15) is 37.7 Å². The summed E-state index contributed by atoms with van der Waals surface area (Å²) in [5.41, 5.74) is 1.34. The third-order valence-corrected chi connectivity index (χ3v) is 5.10. The zero-order valence-corrected chi connectivity index (χ0v) is 14.6. The second-order valence-corrected chi connectivity index (χ2v) is 7.10. The van der Waals surface area contributed by atoms with Gasteiger partial charge in [-0.1, -0.05) is 30.3 Å². The van der Waals surface area contributed by atoms with Crippen LogP contribution in [-0.4, -0.2) is 60.4 Å². The first-order chi connectivity index (χ1) is 11.5. The summed E-state index contributed by atoms with van der Waals surface area (Å²) in [6.07, 6.45) is 3.20. The molecule has 0 spiro atoms. The summed E-state index contributed by atoms with van der Waals surface area (Å²) in [6.45, 7) is 3.92. The molecule has 0 bridgehead atoms. The van der Waals surface area contributed by atoms with E-state index in [2.05, 4.69) is 34.5 Å². The molecule has 1 aliphatic carbocycles. The third-order valence-electron chi connectivity index (χ3n) is 5.10. The van der Waals surface area contributed by atoms with Crippen molar-refractivity contribution in [1.82, 2.24) is 15.1 Å². The molecule has 2 atom stereocenters. The van der Waals surface area contributed by atoms with Crippen molar-refractivity contribution >= 4 is 11.8 Å². The minimum absolute atomic E-state index is 0.0228. The van der Waals surface area contributed by atoms with Gasteiger partial charge in [-0.05, 0) is 44.2 Å². The van der Waals surface area contributed by atoms with Gasteiger partial charge in [0, 0.05) is 19.6 Å². The van der Waals surface area contributed by atoms with Crippen molar-refractivity contribution in [3.8, 4) is 0 Å². The van der Waals surface area contributed by atoms with Gasteiger partial charge in [0.2, 0.25) is 11.8 Å². The molecule has 3 rings (SSSR count). The Kier molecular flexibility index (Phi) is 5.19. The molecule has 2 unspecified atom stereocenters. The van der Waals surface area contributed by atoms with Crippen LogP contribution in [0.5, 0.6) is 0 Å². The van der Waals surface area contributed by atoms with Crippen LogP contribution < -0.4 is 5.32 Å². The van der Waals surface area contributed by atoms with Gasteiger partial charge in [-0.3, -0.25) is 14.5 Å². The van der Waals surface area contributed by atoms with Gasteiger partial charge in [-0.2, -0.15) is 0 Å². The average molecular weight is 329 g/mol. The fourth-order valence-electron chi connectivity index (χ4n) is 3.41. The van der Waals surface area contributed by atoms with Gasteiger partial charge >= 0.3 is 0 Å². The third kappa shape index (κ3) is 4.15. The van der Waals surface area contributed by atoms with E-state index in [0.717, 1.165) is 32.4 Å². The highest BCUT2D eigenvalue weighted by Gasteiger charge is 2.32. The van der Waals surface area contributed by atoms with Crippen LogP contribution in [0.4, 0.5) is 0 Å². The number of nitrogens with one attached hydrogen (secondary N) is 1. The van der Waals surface area contributed by atoms with Gasteiger partial charge in [0.15, 0.2) is 0 Å². The van der Waals surface area contributed by atoms with Crippen molar-refractivity contribution in [2.45, 2.75) is 44.2 Å². The molecule has 2 fully saturated rings. The van der Waals surface area contributed by atoms with Crippen molar-refractivity contribution < 1.29 is 9.59 Å². The Bertz CT molecular complexity index is 586. The van der Waals surface area contributed by atoms with Crippen LogP contribution in [0.2, 0.25) is 0 Å². The zero-order chi connectivity index (χ0) is 17.1. The van der Waals surface area contributed by atoms with E-state index in [1.807, 2.05) is 13.0 Å². The summed E-state index contributed by atoms with van der Waals surface area (Å²) >= 11 is 0. The van der Waals surface area contributed by atoms with Crippen LogP contribution in [0, 0.1) is 0 Å². The molecule has 0 aromatic heterocycles. The van der Waals surface area contributed by atoms with Gasteiger partial charge in [0.25, 0.3) is 0 Å². The van der Waals surface area contributed by atoms with Crippen molar-refractivity contribution in [2.24, 2.45) is 0 Å². The smallest absolute Gasteiger partial charge is 0.239 e. The molecule has 1 saturated heterocycles. The molecule has 1 aromatic rings. The van der Waals surface area contributed by atoms with Crippen LogP contribution in [-0.2, 0) is 9.59 Å². The SMILES string of the molecule is CC(C(=O)N(C)CC(=O)NC1CC1)N1CCC(c2ccccc2)C1. The number of rotatable bonds is 6. The molecule has 1 saturated carbocycles. The van der Waals surface area contributed by atoms with E-state index >= 15 is 0 Å². The molecule has 0 radical (unpaired) electrons. The topological polar surface area (TPSA) is 52.7 Å². The minimum Gasteiger partial charge on any atom is -0.352 e. The summed E-state index contributed by atoms with van der Waals surface area (Å²) in [5.74, 6) is 0.462. The van der Waals surface area contributed by atoms with E-state index in [1.165, 1.54) is 5.56 Å². The number of hydrogen-bond acceptors (Lipinski definition) is 3. The molecule has 1 aromatic carbocycles. The Labute approximate surface area is 144 Å². The summed E-state index contributed by atoms with van der Waals surface area (Å²) in [6, 6.07) is 10.6. The van der Waals surface area contributed by atoms with Crippen molar-refractivity contribution in [1.29, 1.82) is 0 Å². The number of nitrogens with zero attached hydrogens (tertiary/aromatic N) is 2. The maximum absolute atomic E-state index is 12.6. The fourth-order valence-corrected chi connectivity index (χ4v) is 3.41. The predicted molar refractivity (Wildman–Crippen MR) is 93.6 cm³/mol. The number of likely N-dealkylation sites (tertiary alicyclic amines) is 1. The highest BCUT2D eigenvalue weighted by atomic mass is 16.2. The monoisotopic (exact) mass is 329 g/mol. The van der Waals surface area contributed by atoms with Gasteiger partial charge in [0.05, 0.1) is 12.6 Å². The highest BCUT2D eigenvalue weighted by Crippen LogP contribution is 2.28. The van der Waals surface area contributed by atoms with Crippen LogP contribution in [0.3, 0.4) is 0 Å². The van der Waals surface area contributed by atoms with Crippen LogP contribution >= 0.6 is 0 Å². The lowest BCUT2D eigenvalue weighted by molar-refractivity contribution is -0.138. The molecule has 24 heavy (non-hydrogen) atoms. The molecule has 1 N–H and O–H groups in total. The molecular weight excluding hydrogens is 302 g/mol. The first kappa shape index (κ1) is 17.0. The second kappa shape index (κ2) is 7.34. The first-order valence-electron chi connectivity index (χ1n) is 8.88. The Hall–Kier alpha value is -1.88. The molecule has 130 valence electrons. The standard InChI is InChI=1S/C19H27N3O2/c1-14(19(24)21(2)13-18(23)20-17-8-9-17)22-11-10-16(12-22)15-6-4-3-5-7-15/h3-7,14,16-17H,8-13H2,1-2H3,(H,20,23). The first-order valence-corrected chi connectivity index (χ1v) is 8.88. The number of carbonyl (C=O) groups is 2. The predicted octanol–water partition coefficient (Wildman–Crippen LogP) is 1.60. The van der Waals surface area contributed by atoms with E-state index in [0.29, 0.717) is 12.0 Å². The van der Waals surface area contributed by atoms with E-state index < -0.39 is 0 Å². The number of benzene rings is 1. The zero-order valence-electron chi connectivity index (χ0n) is 14.6. The molecule has 2 aliphatic rings. The lowest BCUT2D eigenvalue weighted by atomic mass is 9.99. The van der Waals surface area contributed by atoms with Crippen molar-refractivity contribution in [3.05, 3.63) is 35.9 Å². The maximum atomic E-state index is 12.6. The number of hydrogen-bond donors (Lipinski definition) is 1. The molecule has 1 heterocycles. The Morgan fingerprint density at radius 2 is 1.96 bits per heavy atom. The highest BCUT2D eigenvalue weighted by molar-refractivity contribution is 5.87. The number of likely N-dealkylation sites (N-methyl/N-ethyl adjacent to an activating group) is 1. The lowest BCUT2D eigenvalue weighted by Crippen LogP contribution is -2.48. The quantitative estimate of drug-likeness (QED) is 0.862. The van der Waals surface area contributed by atoms with Gasteiger partial charge in [0.1, 0.15) is 0 Å². The van der Waals surface area contributed by atoms with Crippen molar-refractivity contribution in [2.75, 3.05) is 26.7 Å². The van der Waals surface area contributed by atoms with E-state index in [9.17, 15) is 9.59 Å². The van der Waals surface area contributed by atoms with Crippen molar-refractivity contribution in [3.63, 3.8) is 0 Å². The lowest BCUT2D eigenvalue weighted by Gasteiger charge is -2.27. The fraction of sp³-hybridized carbons (Fsp3) is 0.579. The Morgan fingerprint density at radius 1 is 1.25 bits per heavy atom. The van der Waals surface area contributed by atoms with Gasteiger partial charge in [-0.15, -0.1) is 0 Å². The van der Waals surface area contributed by atoms with E-state index in [-0.39, 0.29) is 24.4 Å². The summed E-state index contributed by atoms with van der Waals surface area (Å²) in [5, 5.41) is 2.93. The maximum Gasteiger partial charge on any atom is 0.239 e. The van der Waals surface area contributed by atoms with Crippen LogP contribution in [0.15, 0.2) is 30.3 Å². The summed E-state index contributed by atoms with van der Waals surface area (Å²) in [7, 11) is 1.72. The Balaban J connectivity index is 1.50. The molecule has 2 amide bonds. The van der Waals surface area contributed by atoms with Gasteiger partial charge in [-0.25, -0.2) is 0 Å². The number of amides is 2. The minimum atomic E-state index is -0.183. The normalized spacial score (nSPS) is 22.2. The summed E-state index contributed by atoms with van der Waals surface area (Å²) < 4.78 is 0. The molecular formula is C19H27N3O2. The summed E-state index contributed by atoms with van der Waals surface area (Å²) in [4.78, 5) is 28.3. The molecule has 5 nitrogen and oxygen atoms in total. The van der Waals surface area contributed by atoms with E-state index in [4.69, 9.17) is 0 Å². The Morgan fingerprint density at radius 3 is 2.62 bits per heavy atom. The largest absolute Gasteiger partial charge is 0.352 e.